The summed E-state index contributed by atoms with van der Waals surface area (Å²) >= 11 is 0. The highest BCUT2D eigenvalue weighted by atomic mass is 16.5. The summed E-state index contributed by atoms with van der Waals surface area (Å²) in [6, 6.07) is 1.38. The summed E-state index contributed by atoms with van der Waals surface area (Å²) in [6.45, 7) is 39.4. The zero-order chi connectivity index (χ0) is 36.6. The van der Waals surface area contributed by atoms with Gasteiger partial charge in [-0.05, 0) is 156 Å². The van der Waals surface area contributed by atoms with E-state index in [0.717, 1.165) is 29.6 Å². The van der Waals surface area contributed by atoms with E-state index in [1.807, 2.05) is 0 Å². The van der Waals surface area contributed by atoms with E-state index in [1.165, 1.54) is 156 Å². The molecule has 8 nitrogen and oxygen atoms in total. The molecule has 5 aliphatic heterocycles. The lowest BCUT2D eigenvalue weighted by atomic mass is 9.70. The van der Waals surface area contributed by atoms with Crippen molar-refractivity contribution in [3.63, 3.8) is 0 Å². The van der Waals surface area contributed by atoms with Crippen molar-refractivity contribution in [2.24, 2.45) is 35.0 Å². The van der Waals surface area contributed by atoms with Crippen LogP contribution in [-0.2, 0) is 9.47 Å². The molecular weight excluding hydrogens is 645 g/mol. The normalized spacial score (nSPS) is 35.4. The predicted octanol–water partition coefficient (Wildman–Crippen LogP) is 5.86. The van der Waals surface area contributed by atoms with Gasteiger partial charge in [-0.15, -0.1) is 0 Å². The fraction of sp³-hybridized carbons (Fsp3) is 1.00. The van der Waals surface area contributed by atoms with Gasteiger partial charge in [0.2, 0.25) is 0 Å². The Morgan fingerprint density at radius 2 is 1.10 bits per heavy atom. The molecule has 7 aliphatic rings. The van der Waals surface area contributed by atoms with Crippen molar-refractivity contribution < 1.29 is 9.47 Å². The molecule has 1 spiro atoms. The van der Waals surface area contributed by atoms with Crippen LogP contribution in [0.5, 0.6) is 0 Å². The molecule has 8 heteroatoms. The summed E-state index contributed by atoms with van der Waals surface area (Å²) in [5.41, 5.74) is 0.624. The van der Waals surface area contributed by atoms with Crippen molar-refractivity contribution >= 4 is 0 Å². The van der Waals surface area contributed by atoms with Crippen LogP contribution >= 0.6 is 0 Å². The number of ether oxygens (including phenoxy) is 2. The van der Waals surface area contributed by atoms with Gasteiger partial charge in [-0.2, -0.15) is 0 Å². The minimum absolute atomic E-state index is 0.00573. The zero-order valence-corrected chi connectivity index (χ0v) is 35.2. The van der Waals surface area contributed by atoms with Crippen LogP contribution < -0.4 is 0 Å². The highest BCUT2D eigenvalue weighted by Crippen LogP contribution is 2.44. The molecule has 0 radical (unpaired) electrons. The number of nitrogens with zero attached hydrogens (tertiary/aromatic N) is 6. The van der Waals surface area contributed by atoms with Crippen molar-refractivity contribution in [3.05, 3.63) is 0 Å². The Bertz CT molecular complexity index is 1090. The van der Waals surface area contributed by atoms with Gasteiger partial charge in [0.1, 0.15) is 0 Å². The lowest BCUT2D eigenvalue weighted by Gasteiger charge is -2.62. The van der Waals surface area contributed by atoms with E-state index in [4.69, 9.17) is 9.47 Å². The summed E-state index contributed by atoms with van der Waals surface area (Å²) in [5, 5.41) is 0. The Kier molecular flexibility index (Phi) is 13.1. The SMILES string of the molecule is CC(C)O[C@H]1C[C@H](CN2CCN(CC3CCN(C(C)CC4CN(C(C)C)CCC4CN4CC5(CN(CC6CC(OC(C)(C)C)C6)C5)C4)CC3)CC2)C1. The smallest absolute Gasteiger partial charge is 0.0602 e. The van der Waals surface area contributed by atoms with Crippen LogP contribution in [0.2, 0.25) is 0 Å². The second-order valence-corrected chi connectivity index (χ2v) is 21.2. The highest BCUT2D eigenvalue weighted by molar-refractivity contribution is 5.07. The molecule has 0 aromatic rings. The summed E-state index contributed by atoms with van der Waals surface area (Å²) in [4.78, 5) is 16.8. The molecule has 5 saturated heterocycles. The van der Waals surface area contributed by atoms with Crippen LogP contribution in [-0.4, -0.2) is 170 Å². The quantitative estimate of drug-likeness (QED) is 0.208. The second-order valence-electron chi connectivity index (χ2n) is 21.2. The average Bonchev–Trinajstić information content (AvgIpc) is 3.01. The molecule has 3 atom stereocenters. The predicted molar refractivity (Wildman–Crippen MR) is 215 cm³/mol. The van der Waals surface area contributed by atoms with E-state index in [0.29, 0.717) is 35.8 Å². The van der Waals surface area contributed by atoms with E-state index >= 15 is 0 Å². The third kappa shape index (κ3) is 10.5. The Morgan fingerprint density at radius 3 is 1.65 bits per heavy atom. The number of likely N-dealkylation sites (tertiary alicyclic amines) is 4. The van der Waals surface area contributed by atoms with E-state index < -0.39 is 0 Å². The Balaban J connectivity index is 0.783. The summed E-state index contributed by atoms with van der Waals surface area (Å²) in [7, 11) is 0. The molecular formula is C44H82N6O2. The number of hydrogen-bond acceptors (Lipinski definition) is 8. The molecule has 0 aromatic heterocycles. The van der Waals surface area contributed by atoms with Gasteiger partial charge in [0, 0.05) is 103 Å². The summed E-state index contributed by atoms with van der Waals surface area (Å²) < 4.78 is 12.2. The van der Waals surface area contributed by atoms with Crippen molar-refractivity contribution in [3.8, 4) is 0 Å². The topological polar surface area (TPSA) is 37.9 Å². The molecule has 3 unspecified atom stereocenters. The van der Waals surface area contributed by atoms with Crippen LogP contribution in [0, 0.1) is 35.0 Å². The van der Waals surface area contributed by atoms with Gasteiger partial charge < -0.3 is 38.9 Å². The van der Waals surface area contributed by atoms with Crippen molar-refractivity contribution in [1.29, 1.82) is 0 Å². The minimum Gasteiger partial charge on any atom is -0.376 e. The Hall–Kier alpha value is -0.320. The third-order valence-electron chi connectivity index (χ3n) is 14.7. The van der Waals surface area contributed by atoms with E-state index in [1.54, 1.807) is 0 Å². The monoisotopic (exact) mass is 727 g/mol. The molecule has 5 heterocycles. The summed E-state index contributed by atoms with van der Waals surface area (Å²) in [5.74, 6) is 4.33. The van der Waals surface area contributed by atoms with Gasteiger partial charge >= 0.3 is 0 Å². The highest BCUT2D eigenvalue weighted by Gasteiger charge is 2.53. The third-order valence-corrected chi connectivity index (χ3v) is 14.7. The van der Waals surface area contributed by atoms with Gasteiger partial charge in [0.05, 0.1) is 23.9 Å². The lowest BCUT2D eigenvalue weighted by molar-refractivity contribution is -0.147. The van der Waals surface area contributed by atoms with Crippen LogP contribution in [0.1, 0.15) is 107 Å². The average molecular weight is 727 g/mol. The first kappa shape index (κ1) is 39.9. The number of hydrogen-bond donors (Lipinski definition) is 0. The van der Waals surface area contributed by atoms with Crippen LogP contribution in [0.25, 0.3) is 0 Å². The first-order chi connectivity index (χ1) is 24.8. The van der Waals surface area contributed by atoms with Gasteiger partial charge in [-0.25, -0.2) is 0 Å². The Labute approximate surface area is 320 Å². The maximum Gasteiger partial charge on any atom is 0.0602 e. The zero-order valence-electron chi connectivity index (χ0n) is 35.2. The maximum absolute atomic E-state index is 6.20. The molecule has 52 heavy (non-hydrogen) atoms. The van der Waals surface area contributed by atoms with Crippen LogP contribution in [0.4, 0.5) is 0 Å². The van der Waals surface area contributed by atoms with E-state index in [-0.39, 0.29) is 5.60 Å². The number of piperazine rings is 1. The molecule has 0 bridgehead atoms. The number of rotatable bonds is 15. The second kappa shape index (κ2) is 17.0. The van der Waals surface area contributed by atoms with Gasteiger partial charge in [0.25, 0.3) is 0 Å². The fourth-order valence-corrected chi connectivity index (χ4v) is 11.8. The molecule has 300 valence electrons. The molecule has 0 N–H and O–H groups in total. The van der Waals surface area contributed by atoms with Gasteiger partial charge in [-0.3, -0.25) is 0 Å². The largest absolute Gasteiger partial charge is 0.376 e. The van der Waals surface area contributed by atoms with Crippen LogP contribution in [0.15, 0.2) is 0 Å². The Morgan fingerprint density at radius 1 is 0.577 bits per heavy atom. The van der Waals surface area contributed by atoms with E-state index in [9.17, 15) is 0 Å². The van der Waals surface area contributed by atoms with Crippen LogP contribution in [0.3, 0.4) is 0 Å². The first-order valence-electron chi connectivity index (χ1n) is 22.5. The van der Waals surface area contributed by atoms with Crippen molar-refractivity contribution in [2.45, 2.75) is 143 Å². The number of piperidine rings is 2. The molecule has 7 rings (SSSR count). The molecule has 0 amide bonds. The lowest BCUT2D eigenvalue weighted by Crippen LogP contribution is -2.73. The van der Waals surface area contributed by atoms with Crippen molar-refractivity contribution in [1.82, 2.24) is 29.4 Å². The maximum atomic E-state index is 6.20. The molecule has 0 aromatic carbocycles. The summed E-state index contributed by atoms with van der Waals surface area (Å²) in [6.07, 6.45) is 12.1. The van der Waals surface area contributed by atoms with Crippen molar-refractivity contribution in [2.75, 3.05) is 105 Å². The van der Waals surface area contributed by atoms with Gasteiger partial charge in [0.15, 0.2) is 0 Å². The van der Waals surface area contributed by atoms with Gasteiger partial charge in [-0.1, -0.05) is 0 Å². The molecule has 2 aliphatic carbocycles. The first-order valence-corrected chi connectivity index (χ1v) is 22.5. The fourth-order valence-electron chi connectivity index (χ4n) is 11.8. The molecule has 7 fully saturated rings. The standard InChI is InChI=1S/C44H82N6O2/c1-33(2)50-14-11-39(27-48-31-44(32-48)29-47(30-44)26-38-22-42(23-38)52-43(6,7)8)40(28-50)19-35(5)49-12-9-36(10-13-49)24-45-15-17-46(18-16-45)25-37-20-41(21-37)51-34(3)4/h33-42H,9-32H2,1-8H3/t35?,37-,38?,39?,40?,41-,42?. The minimum atomic E-state index is 0.00573. The molecule has 2 saturated carbocycles. The van der Waals surface area contributed by atoms with E-state index in [2.05, 4.69) is 84.8 Å².